The van der Waals surface area contributed by atoms with Crippen LogP contribution in [0.5, 0.6) is 0 Å². The van der Waals surface area contributed by atoms with Crippen molar-refractivity contribution >= 4 is 39.0 Å². The van der Waals surface area contributed by atoms with E-state index in [0.717, 1.165) is 5.56 Å². The van der Waals surface area contributed by atoms with Crippen LogP contribution >= 0.6 is 11.6 Å². The van der Waals surface area contributed by atoms with E-state index in [4.69, 9.17) is 11.6 Å². The van der Waals surface area contributed by atoms with Crippen LogP contribution in [0.25, 0.3) is 0 Å². The van der Waals surface area contributed by atoms with E-state index in [0.29, 0.717) is 28.6 Å². The first kappa shape index (κ1) is 18.6. The molecule has 138 valence electrons. The zero-order chi connectivity index (χ0) is 18.9. The minimum Gasteiger partial charge on any atom is -0.340 e. The lowest BCUT2D eigenvalue weighted by atomic mass is 10.2. The Balaban J connectivity index is 1.70. The summed E-state index contributed by atoms with van der Waals surface area (Å²) in [5.74, 6) is 0.354. The molecule has 2 heterocycles. The van der Waals surface area contributed by atoms with Crippen LogP contribution in [0.3, 0.4) is 0 Å². The Hall–Kier alpha value is -2.19. The van der Waals surface area contributed by atoms with Gasteiger partial charge >= 0.3 is 0 Å². The number of carbonyl (C=O) groups excluding carboxylic acids is 1. The molecule has 9 heteroatoms. The Morgan fingerprint density at radius 2 is 2.00 bits per heavy atom. The number of hydrogen-bond acceptors (Lipinski definition) is 6. The summed E-state index contributed by atoms with van der Waals surface area (Å²) in [6.45, 7) is 1.85. The van der Waals surface area contributed by atoms with E-state index in [1.807, 2.05) is 6.92 Å². The van der Waals surface area contributed by atoms with Crippen LogP contribution in [0.4, 0.5) is 11.6 Å². The first-order valence-electron chi connectivity index (χ1n) is 8.08. The lowest BCUT2D eigenvalue weighted by Gasteiger charge is -2.23. The van der Waals surface area contributed by atoms with Gasteiger partial charge in [0.05, 0.1) is 17.1 Å². The Morgan fingerprint density at radius 1 is 1.31 bits per heavy atom. The van der Waals surface area contributed by atoms with E-state index >= 15 is 0 Å². The van der Waals surface area contributed by atoms with Gasteiger partial charge in [0.2, 0.25) is 5.95 Å². The molecular formula is C17H19ClN4O3S. The number of amides is 1. The fraction of sp³-hybridized carbons (Fsp3) is 0.353. The standard InChI is InChI=1S/C17H19ClN4O3S/c1-11-7-13(18)3-4-15(11)21-16(23)12-8-19-17(20-9-12)22(2)14-5-6-26(24,25)10-14/h3-4,7-9,14H,5-6,10H2,1-2H3,(H,21,23). The molecule has 1 amide bonds. The third-order valence-electron chi connectivity index (χ3n) is 4.41. The Morgan fingerprint density at radius 3 is 2.58 bits per heavy atom. The number of halogens is 1. The number of nitrogens with zero attached hydrogens (tertiary/aromatic N) is 3. The van der Waals surface area contributed by atoms with Crippen LogP contribution in [-0.2, 0) is 9.84 Å². The topological polar surface area (TPSA) is 92.3 Å². The molecule has 1 aromatic heterocycles. The fourth-order valence-electron chi connectivity index (χ4n) is 2.83. The van der Waals surface area contributed by atoms with Gasteiger partial charge in [-0.15, -0.1) is 0 Å². The molecule has 0 bridgehead atoms. The van der Waals surface area contributed by atoms with Gasteiger partial charge in [0, 0.05) is 36.2 Å². The molecule has 0 spiro atoms. The maximum absolute atomic E-state index is 12.4. The molecule has 1 aliphatic heterocycles. The average molecular weight is 395 g/mol. The van der Waals surface area contributed by atoms with Crippen LogP contribution in [-0.4, -0.2) is 48.9 Å². The number of anilines is 2. The lowest BCUT2D eigenvalue weighted by Crippen LogP contribution is -2.34. The van der Waals surface area contributed by atoms with Crippen molar-refractivity contribution in [3.05, 3.63) is 46.7 Å². The summed E-state index contributed by atoms with van der Waals surface area (Å²) in [5.41, 5.74) is 1.83. The monoisotopic (exact) mass is 394 g/mol. The van der Waals surface area contributed by atoms with Gasteiger partial charge in [-0.1, -0.05) is 11.6 Å². The van der Waals surface area contributed by atoms with E-state index in [1.165, 1.54) is 12.4 Å². The predicted octanol–water partition coefficient (Wildman–Crippen LogP) is 2.31. The van der Waals surface area contributed by atoms with Crippen LogP contribution in [0.2, 0.25) is 5.02 Å². The van der Waals surface area contributed by atoms with Crippen LogP contribution in [0.15, 0.2) is 30.6 Å². The number of carbonyl (C=O) groups is 1. The normalized spacial score (nSPS) is 18.5. The van der Waals surface area contributed by atoms with E-state index in [2.05, 4.69) is 15.3 Å². The highest BCUT2D eigenvalue weighted by atomic mass is 35.5. The van der Waals surface area contributed by atoms with Crippen molar-refractivity contribution < 1.29 is 13.2 Å². The number of sulfone groups is 1. The highest BCUT2D eigenvalue weighted by molar-refractivity contribution is 7.91. The fourth-order valence-corrected chi connectivity index (χ4v) is 4.83. The number of rotatable bonds is 4. The smallest absolute Gasteiger partial charge is 0.258 e. The summed E-state index contributed by atoms with van der Waals surface area (Å²) >= 11 is 5.91. The minimum absolute atomic E-state index is 0.102. The molecular weight excluding hydrogens is 376 g/mol. The van der Waals surface area contributed by atoms with Crippen molar-refractivity contribution in [2.75, 3.05) is 28.8 Å². The number of hydrogen-bond donors (Lipinski definition) is 1. The maximum Gasteiger partial charge on any atom is 0.258 e. The zero-order valence-electron chi connectivity index (χ0n) is 14.4. The second-order valence-corrected chi connectivity index (χ2v) is 9.02. The molecule has 1 N–H and O–H groups in total. The van der Waals surface area contributed by atoms with Crippen LogP contribution in [0.1, 0.15) is 22.3 Å². The highest BCUT2D eigenvalue weighted by Crippen LogP contribution is 2.21. The molecule has 0 aliphatic carbocycles. The van der Waals surface area contributed by atoms with Crippen LogP contribution in [0, 0.1) is 6.92 Å². The zero-order valence-corrected chi connectivity index (χ0v) is 16.0. The molecule has 26 heavy (non-hydrogen) atoms. The minimum atomic E-state index is -2.98. The molecule has 1 atom stereocenters. The second-order valence-electron chi connectivity index (χ2n) is 6.35. The van der Waals surface area contributed by atoms with Gasteiger partial charge in [0.25, 0.3) is 5.91 Å². The molecule has 7 nitrogen and oxygen atoms in total. The van der Waals surface area contributed by atoms with E-state index < -0.39 is 9.84 Å². The van der Waals surface area contributed by atoms with Crippen LogP contribution < -0.4 is 10.2 Å². The van der Waals surface area contributed by atoms with E-state index in [-0.39, 0.29) is 23.5 Å². The molecule has 0 saturated carbocycles. The van der Waals surface area contributed by atoms with Crippen molar-refractivity contribution in [3.8, 4) is 0 Å². The van der Waals surface area contributed by atoms with Gasteiger partial charge in [0.1, 0.15) is 0 Å². The van der Waals surface area contributed by atoms with E-state index in [9.17, 15) is 13.2 Å². The Kier molecular flexibility index (Phi) is 5.15. The molecule has 3 rings (SSSR count). The molecule has 1 aliphatic rings. The first-order chi connectivity index (χ1) is 12.2. The summed E-state index contributed by atoms with van der Waals surface area (Å²) in [6, 6.07) is 5.06. The van der Waals surface area contributed by atoms with Crippen molar-refractivity contribution in [2.24, 2.45) is 0 Å². The van der Waals surface area contributed by atoms with Gasteiger partial charge in [-0.3, -0.25) is 4.79 Å². The largest absolute Gasteiger partial charge is 0.340 e. The summed E-state index contributed by atoms with van der Waals surface area (Å²) in [6.07, 6.45) is 3.42. The molecule has 1 aromatic carbocycles. The molecule has 1 unspecified atom stereocenters. The van der Waals surface area contributed by atoms with Gasteiger partial charge in [0.15, 0.2) is 9.84 Å². The Bertz CT molecular complexity index is 932. The van der Waals surface area contributed by atoms with Crippen molar-refractivity contribution in [2.45, 2.75) is 19.4 Å². The van der Waals surface area contributed by atoms with Crippen molar-refractivity contribution in [3.63, 3.8) is 0 Å². The maximum atomic E-state index is 12.4. The van der Waals surface area contributed by atoms with Gasteiger partial charge in [-0.05, 0) is 37.1 Å². The molecule has 2 aromatic rings. The number of aryl methyl sites for hydroxylation is 1. The van der Waals surface area contributed by atoms with Gasteiger partial charge < -0.3 is 10.2 Å². The number of benzene rings is 1. The summed E-state index contributed by atoms with van der Waals surface area (Å²) in [4.78, 5) is 22.5. The SMILES string of the molecule is Cc1cc(Cl)ccc1NC(=O)c1cnc(N(C)C2CCS(=O)(=O)C2)nc1. The van der Waals surface area contributed by atoms with Gasteiger partial charge in [-0.2, -0.15) is 0 Å². The van der Waals surface area contributed by atoms with Crippen molar-refractivity contribution in [1.29, 1.82) is 0 Å². The van der Waals surface area contributed by atoms with E-state index in [1.54, 1.807) is 30.1 Å². The summed E-state index contributed by atoms with van der Waals surface area (Å²) in [7, 11) is -1.22. The Labute approximate surface area is 157 Å². The lowest BCUT2D eigenvalue weighted by molar-refractivity contribution is 0.102. The average Bonchev–Trinajstić information content (AvgIpc) is 2.97. The highest BCUT2D eigenvalue weighted by Gasteiger charge is 2.31. The number of aromatic nitrogens is 2. The molecule has 1 fully saturated rings. The predicted molar refractivity (Wildman–Crippen MR) is 102 cm³/mol. The van der Waals surface area contributed by atoms with Crippen molar-refractivity contribution in [1.82, 2.24) is 9.97 Å². The molecule has 0 radical (unpaired) electrons. The third-order valence-corrected chi connectivity index (χ3v) is 6.39. The third kappa shape index (κ3) is 4.13. The quantitative estimate of drug-likeness (QED) is 0.855. The number of nitrogens with one attached hydrogen (secondary N) is 1. The summed E-state index contributed by atoms with van der Waals surface area (Å²) in [5, 5.41) is 3.40. The second kappa shape index (κ2) is 7.20. The molecule has 1 saturated heterocycles. The first-order valence-corrected chi connectivity index (χ1v) is 10.3. The van der Waals surface area contributed by atoms with Gasteiger partial charge in [-0.25, -0.2) is 18.4 Å². The summed E-state index contributed by atoms with van der Waals surface area (Å²) < 4.78 is 23.2.